The van der Waals surface area contributed by atoms with Gasteiger partial charge in [0, 0.05) is 0 Å². The maximum Gasteiger partial charge on any atom is 0.258 e. The molecule has 0 bridgehead atoms. The molecule has 0 aliphatic carbocycles. The van der Waals surface area contributed by atoms with Crippen molar-refractivity contribution in [3.63, 3.8) is 0 Å². The van der Waals surface area contributed by atoms with E-state index in [2.05, 4.69) is 23.8 Å². The number of aromatic amines is 1. The highest BCUT2D eigenvalue weighted by atomic mass is 32.2. The molecule has 0 spiro atoms. The first-order chi connectivity index (χ1) is 8.16. The number of rotatable bonds is 4. The number of benzene rings is 1. The normalized spacial score (nSPS) is 11.2. The van der Waals surface area contributed by atoms with Crippen molar-refractivity contribution < 1.29 is 0 Å². The third kappa shape index (κ3) is 3.09. The van der Waals surface area contributed by atoms with Gasteiger partial charge in [0.05, 0.1) is 16.7 Å². The summed E-state index contributed by atoms with van der Waals surface area (Å²) in [6.45, 7) is 4.37. The van der Waals surface area contributed by atoms with E-state index in [4.69, 9.17) is 0 Å². The quantitative estimate of drug-likeness (QED) is 0.905. The molecule has 0 unspecified atom stereocenters. The highest BCUT2D eigenvalue weighted by Gasteiger charge is 2.03. The third-order valence-electron chi connectivity index (χ3n) is 2.35. The van der Waals surface area contributed by atoms with Crippen LogP contribution in [0.5, 0.6) is 0 Å². The molecule has 90 valence electrons. The van der Waals surface area contributed by atoms with E-state index < -0.39 is 0 Å². The summed E-state index contributed by atoms with van der Waals surface area (Å²) in [5.41, 5.74) is 0.729. The Hall–Kier alpha value is -1.29. The van der Waals surface area contributed by atoms with Crippen molar-refractivity contribution in [2.75, 3.05) is 5.75 Å². The van der Waals surface area contributed by atoms with Crippen LogP contribution in [0.25, 0.3) is 10.9 Å². The van der Waals surface area contributed by atoms with Crippen LogP contribution in [-0.4, -0.2) is 15.7 Å². The fraction of sp³-hybridized carbons (Fsp3) is 0.385. The second kappa shape index (κ2) is 5.36. The van der Waals surface area contributed by atoms with Gasteiger partial charge in [0.2, 0.25) is 0 Å². The zero-order valence-electron chi connectivity index (χ0n) is 10.1. The molecule has 2 rings (SSSR count). The molecule has 0 atom stereocenters. The molecular formula is C13H16N2OS. The molecule has 4 heteroatoms. The SMILES string of the molecule is CC(C)CSCc1nc2ccccc2c(=O)[nH]1. The fourth-order valence-corrected chi connectivity index (χ4v) is 2.51. The zero-order chi connectivity index (χ0) is 12.3. The summed E-state index contributed by atoms with van der Waals surface area (Å²) >= 11 is 1.80. The van der Waals surface area contributed by atoms with Gasteiger partial charge in [0.1, 0.15) is 5.82 Å². The van der Waals surface area contributed by atoms with Crippen LogP contribution < -0.4 is 5.56 Å². The van der Waals surface area contributed by atoms with Crippen molar-refractivity contribution >= 4 is 22.7 Å². The van der Waals surface area contributed by atoms with Gasteiger partial charge in [-0.2, -0.15) is 11.8 Å². The van der Waals surface area contributed by atoms with E-state index in [9.17, 15) is 4.79 Å². The largest absolute Gasteiger partial charge is 0.309 e. The zero-order valence-corrected chi connectivity index (χ0v) is 10.9. The Labute approximate surface area is 105 Å². The summed E-state index contributed by atoms with van der Waals surface area (Å²) in [7, 11) is 0. The van der Waals surface area contributed by atoms with Crippen LogP contribution in [0.1, 0.15) is 19.7 Å². The van der Waals surface area contributed by atoms with Gasteiger partial charge in [-0.1, -0.05) is 26.0 Å². The number of hydrogen-bond acceptors (Lipinski definition) is 3. The van der Waals surface area contributed by atoms with E-state index in [0.29, 0.717) is 11.3 Å². The van der Waals surface area contributed by atoms with E-state index in [1.807, 2.05) is 18.2 Å². The Balaban J connectivity index is 2.22. The van der Waals surface area contributed by atoms with Gasteiger partial charge >= 0.3 is 0 Å². The van der Waals surface area contributed by atoms with Crippen LogP contribution in [-0.2, 0) is 5.75 Å². The molecule has 1 aromatic heterocycles. The van der Waals surface area contributed by atoms with E-state index in [0.717, 1.165) is 22.8 Å². The standard InChI is InChI=1S/C13H16N2OS/c1-9(2)7-17-8-12-14-11-6-4-3-5-10(11)13(16)15-12/h3-6,9H,7-8H2,1-2H3,(H,14,15,16). The van der Waals surface area contributed by atoms with Crippen LogP contribution in [0.2, 0.25) is 0 Å². The molecule has 17 heavy (non-hydrogen) atoms. The molecule has 0 saturated carbocycles. The van der Waals surface area contributed by atoms with Gasteiger partial charge in [-0.05, 0) is 23.8 Å². The molecule has 0 radical (unpaired) electrons. The molecule has 2 aromatic rings. The van der Waals surface area contributed by atoms with Gasteiger partial charge in [0.15, 0.2) is 0 Å². The van der Waals surface area contributed by atoms with Crippen molar-refractivity contribution in [1.29, 1.82) is 0 Å². The smallest absolute Gasteiger partial charge is 0.258 e. The first-order valence-corrected chi connectivity index (χ1v) is 6.88. The summed E-state index contributed by atoms with van der Waals surface area (Å²) in [6, 6.07) is 7.43. The minimum atomic E-state index is -0.0456. The van der Waals surface area contributed by atoms with Gasteiger partial charge < -0.3 is 4.98 Å². The van der Waals surface area contributed by atoms with Gasteiger partial charge in [-0.25, -0.2) is 4.98 Å². The van der Waals surface area contributed by atoms with Gasteiger partial charge in [-0.15, -0.1) is 0 Å². The highest BCUT2D eigenvalue weighted by Crippen LogP contribution is 2.13. The Morgan fingerprint density at radius 2 is 2.12 bits per heavy atom. The number of nitrogens with zero attached hydrogens (tertiary/aromatic N) is 1. The molecule has 0 saturated heterocycles. The van der Waals surface area contributed by atoms with Crippen molar-refractivity contribution in [3.05, 3.63) is 40.4 Å². The second-order valence-electron chi connectivity index (χ2n) is 4.44. The first kappa shape index (κ1) is 12.2. The third-order valence-corrected chi connectivity index (χ3v) is 3.73. The van der Waals surface area contributed by atoms with Crippen molar-refractivity contribution in [2.45, 2.75) is 19.6 Å². The van der Waals surface area contributed by atoms with Crippen molar-refractivity contribution in [3.8, 4) is 0 Å². The number of aromatic nitrogens is 2. The predicted molar refractivity (Wildman–Crippen MR) is 73.4 cm³/mol. The lowest BCUT2D eigenvalue weighted by atomic mass is 10.2. The molecular weight excluding hydrogens is 232 g/mol. The minimum Gasteiger partial charge on any atom is -0.309 e. The van der Waals surface area contributed by atoms with E-state index in [-0.39, 0.29) is 5.56 Å². The van der Waals surface area contributed by atoms with E-state index >= 15 is 0 Å². The van der Waals surface area contributed by atoms with Crippen molar-refractivity contribution in [1.82, 2.24) is 9.97 Å². The summed E-state index contributed by atoms with van der Waals surface area (Å²) in [5, 5.41) is 0.658. The number of H-pyrrole nitrogens is 1. The van der Waals surface area contributed by atoms with E-state index in [1.54, 1.807) is 17.8 Å². The lowest BCUT2D eigenvalue weighted by molar-refractivity contribution is 0.750. The highest BCUT2D eigenvalue weighted by molar-refractivity contribution is 7.98. The number of para-hydroxylation sites is 1. The van der Waals surface area contributed by atoms with E-state index in [1.165, 1.54) is 0 Å². The molecule has 3 nitrogen and oxygen atoms in total. The monoisotopic (exact) mass is 248 g/mol. The maximum atomic E-state index is 11.8. The average molecular weight is 248 g/mol. The van der Waals surface area contributed by atoms with Crippen molar-refractivity contribution in [2.24, 2.45) is 5.92 Å². The Bertz CT molecular complexity index is 563. The molecule has 1 heterocycles. The molecule has 0 fully saturated rings. The number of nitrogens with one attached hydrogen (secondary N) is 1. The molecule has 0 aliphatic rings. The second-order valence-corrected chi connectivity index (χ2v) is 5.47. The molecule has 0 amide bonds. The lowest BCUT2D eigenvalue weighted by Crippen LogP contribution is -2.11. The number of hydrogen-bond donors (Lipinski definition) is 1. The molecule has 1 aromatic carbocycles. The Morgan fingerprint density at radius 1 is 1.35 bits per heavy atom. The maximum absolute atomic E-state index is 11.8. The lowest BCUT2D eigenvalue weighted by Gasteiger charge is -2.05. The summed E-state index contributed by atoms with van der Waals surface area (Å²) in [5.74, 6) is 3.26. The van der Waals surface area contributed by atoms with Crippen LogP contribution >= 0.6 is 11.8 Å². The summed E-state index contributed by atoms with van der Waals surface area (Å²) in [4.78, 5) is 19.1. The van der Waals surface area contributed by atoms with Gasteiger partial charge in [-0.3, -0.25) is 4.79 Å². The summed E-state index contributed by atoms with van der Waals surface area (Å²) < 4.78 is 0. The van der Waals surface area contributed by atoms with Crippen LogP contribution in [0.4, 0.5) is 0 Å². The van der Waals surface area contributed by atoms with Gasteiger partial charge in [0.25, 0.3) is 5.56 Å². The fourth-order valence-electron chi connectivity index (χ4n) is 1.59. The minimum absolute atomic E-state index is 0.0456. The predicted octanol–water partition coefficient (Wildman–Crippen LogP) is 2.81. The van der Waals surface area contributed by atoms with Crippen LogP contribution in [0.3, 0.4) is 0 Å². The number of thioether (sulfide) groups is 1. The topological polar surface area (TPSA) is 45.8 Å². The number of fused-ring (bicyclic) bond motifs is 1. The van der Waals surface area contributed by atoms with Crippen LogP contribution in [0.15, 0.2) is 29.1 Å². The molecule has 0 aliphatic heterocycles. The summed E-state index contributed by atoms with van der Waals surface area (Å²) in [6.07, 6.45) is 0. The first-order valence-electron chi connectivity index (χ1n) is 5.72. The Kier molecular flexibility index (Phi) is 3.84. The van der Waals surface area contributed by atoms with Crippen LogP contribution in [0, 0.1) is 5.92 Å². The average Bonchev–Trinajstić information content (AvgIpc) is 2.28. The molecule has 1 N–H and O–H groups in total. The Morgan fingerprint density at radius 3 is 2.88 bits per heavy atom.